The molecule has 1 aromatic carbocycles. The van der Waals surface area contributed by atoms with E-state index in [1.54, 1.807) is 0 Å². The average molecular weight is 391 g/mol. The highest BCUT2D eigenvalue weighted by atomic mass is 28.4. The average Bonchev–Trinajstić information content (AvgIpc) is 3.26. The van der Waals surface area contributed by atoms with Crippen molar-refractivity contribution in [3.63, 3.8) is 0 Å². The minimum atomic E-state index is -1.93. The zero-order valence-corrected chi connectivity index (χ0v) is 18.5. The number of ether oxygens (including phenoxy) is 3. The topological polar surface area (TPSA) is 40.2 Å². The van der Waals surface area contributed by atoms with Crippen LogP contribution in [-0.4, -0.2) is 38.8 Å². The SMILES string of the molecule is C=C[C@@]1(C)O[C@@H]1C[C@@H]1O[C@H](c2ccccc2)OC[C@H]1O[Si](C)(C)C(C)(C)C. The van der Waals surface area contributed by atoms with Gasteiger partial charge in [0.05, 0.1) is 24.9 Å². The van der Waals surface area contributed by atoms with Crippen LogP contribution in [0.25, 0.3) is 0 Å². The van der Waals surface area contributed by atoms with Crippen LogP contribution in [0.4, 0.5) is 0 Å². The highest BCUT2D eigenvalue weighted by Crippen LogP contribution is 2.44. The Morgan fingerprint density at radius 2 is 1.93 bits per heavy atom. The van der Waals surface area contributed by atoms with Gasteiger partial charge >= 0.3 is 0 Å². The maximum atomic E-state index is 6.68. The monoisotopic (exact) mass is 390 g/mol. The fraction of sp³-hybridized carbons (Fsp3) is 0.636. The lowest BCUT2D eigenvalue weighted by atomic mass is 10.00. The summed E-state index contributed by atoms with van der Waals surface area (Å²) < 4.78 is 25.0. The third kappa shape index (κ3) is 4.54. The molecule has 0 radical (unpaired) electrons. The quantitative estimate of drug-likeness (QED) is 0.379. The summed E-state index contributed by atoms with van der Waals surface area (Å²) in [5.74, 6) is 0. The molecule has 5 atom stereocenters. The Hall–Kier alpha value is -0.983. The van der Waals surface area contributed by atoms with Gasteiger partial charge in [0.2, 0.25) is 0 Å². The number of rotatable bonds is 6. The Labute approximate surface area is 165 Å². The fourth-order valence-electron chi connectivity index (χ4n) is 3.18. The zero-order chi connectivity index (χ0) is 19.9. The van der Waals surface area contributed by atoms with Crippen LogP contribution in [0, 0.1) is 0 Å². The van der Waals surface area contributed by atoms with Crippen LogP contribution in [0.15, 0.2) is 43.0 Å². The molecule has 2 aliphatic heterocycles. The largest absolute Gasteiger partial charge is 0.409 e. The van der Waals surface area contributed by atoms with E-state index in [1.807, 2.05) is 36.4 Å². The number of epoxide rings is 1. The Morgan fingerprint density at radius 3 is 2.48 bits per heavy atom. The normalized spacial score (nSPS) is 34.3. The maximum absolute atomic E-state index is 6.68. The van der Waals surface area contributed by atoms with Gasteiger partial charge in [0.25, 0.3) is 0 Å². The molecule has 2 fully saturated rings. The number of hydrogen-bond acceptors (Lipinski definition) is 4. The second-order valence-corrected chi connectivity index (χ2v) is 14.2. The van der Waals surface area contributed by atoms with Gasteiger partial charge in [-0.3, -0.25) is 0 Å². The smallest absolute Gasteiger partial charge is 0.192 e. The van der Waals surface area contributed by atoms with Crippen molar-refractivity contribution in [1.29, 1.82) is 0 Å². The molecule has 0 aromatic heterocycles. The molecule has 0 N–H and O–H groups in total. The molecule has 2 aliphatic rings. The molecule has 2 heterocycles. The lowest BCUT2D eigenvalue weighted by Gasteiger charge is -2.44. The van der Waals surface area contributed by atoms with Gasteiger partial charge in [-0.25, -0.2) is 0 Å². The molecule has 0 unspecified atom stereocenters. The summed E-state index contributed by atoms with van der Waals surface area (Å²) in [7, 11) is -1.93. The lowest BCUT2D eigenvalue weighted by Crippen LogP contribution is -2.52. The summed E-state index contributed by atoms with van der Waals surface area (Å²) in [6.07, 6.45) is 2.29. The van der Waals surface area contributed by atoms with Crippen molar-refractivity contribution in [1.82, 2.24) is 0 Å². The molecule has 150 valence electrons. The van der Waals surface area contributed by atoms with Crippen molar-refractivity contribution < 1.29 is 18.6 Å². The van der Waals surface area contributed by atoms with Gasteiger partial charge in [-0.05, 0) is 25.1 Å². The first-order valence-corrected chi connectivity index (χ1v) is 12.8. The van der Waals surface area contributed by atoms with Crippen molar-refractivity contribution in [2.24, 2.45) is 0 Å². The Balaban J connectivity index is 1.75. The van der Waals surface area contributed by atoms with E-state index in [-0.39, 0.29) is 35.2 Å². The van der Waals surface area contributed by atoms with Crippen LogP contribution in [0.1, 0.15) is 46.0 Å². The molecule has 3 rings (SSSR count). The minimum Gasteiger partial charge on any atom is -0.409 e. The molecule has 0 aliphatic carbocycles. The highest BCUT2D eigenvalue weighted by Gasteiger charge is 2.53. The van der Waals surface area contributed by atoms with Crippen molar-refractivity contribution in [3.8, 4) is 0 Å². The van der Waals surface area contributed by atoms with Crippen LogP contribution in [-0.2, 0) is 18.6 Å². The van der Waals surface area contributed by atoms with Crippen LogP contribution < -0.4 is 0 Å². The second kappa shape index (κ2) is 7.45. The summed E-state index contributed by atoms with van der Waals surface area (Å²) >= 11 is 0. The van der Waals surface area contributed by atoms with Gasteiger partial charge in [0.15, 0.2) is 14.6 Å². The molecule has 0 amide bonds. The van der Waals surface area contributed by atoms with E-state index in [0.717, 1.165) is 12.0 Å². The Kier molecular flexibility index (Phi) is 5.72. The van der Waals surface area contributed by atoms with Gasteiger partial charge in [0, 0.05) is 12.0 Å². The maximum Gasteiger partial charge on any atom is 0.192 e. The van der Waals surface area contributed by atoms with Crippen molar-refractivity contribution in [2.75, 3.05) is 6.61 Å². The van der Waals surface area contributed by atoms with E-state index in [4.69, 9.17) is 18.6 Å². The highest BCUT2D eigenvalue weighted by molar-refractivity contribution is 6.74. The molecule has 5 heteroatoms. The summed E-state index contributed by atoms with van der Waals surface area (Å²) in [4.78, 5) is 0. The van der Waals surface area contributed by atoms with Crippen molar-refractivity contribution >= 4 is 8.32 Å². The number of hydrogen-bond donors (Lipinski definition) is 0. The molecule has 2 saturated heterocycles. The summed E-state index contributed by atoms with van der Waals surface area (Å²) in [5, 5.41) is 0.138. The fourth-order valence-corrected chi connectivity index (χ4v) is 4.51. The van der Waals surface area contributed by atoms with E-state index < -0.39 is 8.32 Å². The first-order valence-electron chi connectivity index (χ1n) is 9.87. The molecular formula is C22H34O4Si. The predicted octanol–water partition coefficient (Wildman–Crippen LogP) is 5.22. The molecule has 4 nitrogen and oxygen atoms in total. The third-order valence-corrected chi connectivity index (χ3v) is 10.8. The van der Waals surface area contributed by atoms with Gasteiger partial charge in [-0.1, -0.05) is 57.2 Å². The Morgan fingerprint density at radius 1 is 1.26 bits per heavy atom. The second-order valence-electron chi connectivity index (χ2n) is 9.40. The van der Waals surface area contributed by atoms with Crippen molar-refractivity contribution in [2.45, 2.75) is 82.5 Å². The van der Waals surface area contributed by atoms with Crippen LogP contribution in [0.3, 0.4) is 0 Å². The molecule has 0 saturated carbocycles. The predicted molar refractivity (Wildman–Crippen MR) is 110 cm³/mol. The first-order chi connectivity index (χ1) is 12.6. The molecule has 27 heavy (non-hydrogen) atoms. The summed E-state index contributed by atoms with van der Waals surface area (Å²) in [5.41, 5.74) is 0.794. The molecule has 1 aromatic rings. The van der Waals surface area contributed by atoms with Crippen LogP contribution in [0.5, 0.6) is 0 Å². The van der Waals surface area contributed by atoms with E-state index in [1.165, 1.54) is 0 Å². The van der Waals surface area contributed by atoms with E-state index in [0.29, 0.717) is 6.61 Å². The van der Waals surface area contributed by atoms with E-state index >= 15 is 0 Å². The number of benzene rings is 1. The summed E-state index contributed by atoms with van der Waals surface area (Å²) in [6, 6.07) is 10.1. The summed E-state index contributed by atoms with van der Waals surface area (Å²) in [6.45, 7) is 17.8. The molecule has 0 bridgehead atoms. The van der Waals surface area contributed by atoms with Crippen molar-refractivity contribution in [3.05, 3.63) is 48.6 Å². The van der Waals surface area contributed by atoms with Crippen LogP contribution in [0.2, 0.25) is 18.1 Å². The zero-order valence-electron chi connectivity index (χ0n) is 17.5. The standard InChI is InChI=1S/C22H34O4Si/c1-8-22(5)19(25-22)14-17-18(26-27(6,7)21(2,3)4)15-23-20(24-17)16-12-10-9-11-13-16/h8-13,17-20H,1,14-15H2,2-7H3/t17-,18+,19+,20+,22+/m0/s1. The molecule has 0 spiro atoms. The Bertz CT molecular complexity index is 654. The van der Waals surface area contributed by atoms with Gasteiger partial charge in [-0.2, -0.15) is 0 Å². The lowest BCUT2D eigenvalue weighted by molar-refractivity contribution is -0.255. The third-order valence-electron chi connectivity index (χ3n) is 6.28. The minimum absolute atomic E-state index is 0.0649. The van der Waals surface area contributed by atoms with Crippen LogP contribution >= 0.6 is 0 Å². The molecular weight excluding hydrogens is 356 g/mol. The van der Waals surface area contributed by atoms with Gasteiger partial charge in [-0.15, -0.1) is 6.58 Å². The van der Waals surface area contributed by atoms with E-state index in [2.05, 4.69) is 47.4 Å². The van der Waals surface area contributed by atoms with Gasteiger partial charge in [0.1, 0.15) is 5.60 Å². The van der Waals surface area contributed by atoms with E-state index in [9.17, 15) is 0 Å². The first kappa shape index (κ1) is 20.7. The van der Waals surface area contributed by atoms with Gasteiger partial charge < -0.3 is 18.6 Å².